The molecule has 2 rings (SSSR count). The molecule has 2 nitrogen and oxygen atoms in total. The molecule has 0 heterocycles. The van der Waals surface area contributed by atoms with Crippen LogP contribution in [-0.4, -0.2) is 35.7 Å². The molecule has 1 N–H and O–H groups in total. The molecular formula is C19H37NO. The minimum Gasteiger partial charge on any atom is -0.393 e. The first-order chi connectivity index (χ1) is 9.79. The van der Waals surface area contributed by atoms with Crippen LogP contribution >= 0.6 is 0 Å². The first-order valence-electron chi connectivity index (χ1n) is 9.17. The smallest absolute Gasteiger partial charge is 0.0580 e. The van der Waals surface area contributed by atoms with E-state index in [1.165, 1.54) is 38.5 Å². The van der Waals surface area contributed by atoms with Gasteiger partial charge in [0, 0.05) is 12.6 Å². The average molecular weight is 296 g/mol. The van der Waals surface area contributed by atoms with E-state index in [1.54, 1.807) is 0 Å². The standard InChI is InChI=1S/C19H37NO/c1-14-8-6-7-9-17(14)20(5)13-15-12-16(19(2,3)4)10-11-18(15)21/h14-18,21H,6-13H2,1-5H3. The van der Waals surface area contributed by atoms with Gasteiger partial charge in [-0.1, -0.05) is 40.5 Å². The highest BCUT2D eigenvalue weighted by atomic mass is 16.3. The molecule has 124 valence electrons. The summed E-state index contributed by atoms with van der Waals surface area (Å²) in [6.45, 7) is 10.6. The number of aliphatic hydroxyl groups is 1. The average Bonchev–Trinajstić information content (AvgIpc) is 2.40. The van der Waals surface area contributed by atoms with Crippen molar-refractivity contribution in [3.63, 3.8) is 0 Å². The minimum absolute atomic E-state index is 0.0788. The van der Waals surface area contributed by atoms with E-state index in [0.29, 0.717) is 11.3 Å². The van der Waals surface area contributed by atoms with Crippen molar-refractivity contribution in [2.45, 2.75) is 84.8 Å². The Hall–Kier alpha value is -0.0800. The van der Waals surface area contributed by atoms with Gasteiger partial charge >= 0.3 is 0 Å². The Bertz CT molecular complexity index is 322. The fourth-order valence-corrected chi connectivity index (χ4v) is 4.69. The SMILES string of the molecule is CC1CCCCC1N(C)CC1CC(C(C)(C)C)CCC1O. The third-order valence-electron chi connectivity index (χ3n) is 6.32. The number of nitrogens with zero attached hydrogens (tertiary/aromatic N) is 1. The van der Waals surface area contributed by atoms with Crippen LogP contribution in [0.2, 0.25) is 0 Å². The second-order valence-electron chi connectivity index (χ2n) is 8.97. The van der Waals surface area contributed by atoms with E-state index in [0.717, 1.165) is 30.8 Å². The zero-order chi connectivity index (χ0) is 15.6. The zero-order valence-electron chi connectivity index (χ0n) is 14.9. The van der Waals surface area contributed by atoms with Crippen molar-refractivity contribution in [2.24, 2.45) is 23.2 Å². The van der Waals surface area contributed by atoms with Crippen molar-refractivity contribution in [2.75, 3.05) is 13.6 Å². The molecule has 0 aliphatic heterocycles. The Balaban J connectivity index is 1.93. The van der Waals surface area contributed by atoms with E-state index in [4.69, 9.17) is 0 Å². The topological polar surface area (TPSA) is 23.5 Å². The summed E-state index contributed by atoms with van der Waals surface area (Å²) in [5, 5.41) is 10.4. The Labute approximate surface area is 132 Å². The summed E-state index contributed by atoms with van der Waals surface area (Å²) in [6, 6.07) is 0.737. The van der Waals surface area contributed by atoms with Crippen LogP contribution in [0.3, 0.4) is 0 Å². The van der Waals surface area contributed by atoms with Crippen LogP contribution in [0.1, 0.15) is 72.6 Å². The molecule has 0 saturated heterocycles. The summed E-state index contributed by atoms with van der Waals surface area (Å²) in [5.74, 6) is 2.06. The van der Waals surface area contributed by atoms with Gasteiger partial charge in [0.2, 0.25) is 0 Å². The van der Waals surface area contributed by atoms with E-state index in [2.05, 4.69) is 39.6 Å². The molecule has 0 bridgehead atoms. The minimum atomic E-state index is -0.0788. The van der Waals surface area contributed by atoms with Gasteiger partial charge in [0.1, 0.15) is 0 Å². The van der Waals surface area contributed by atoms with Crippen LogP contribution in [0, 0.1) is 23.2 Å². The van der Waals surface area contributed by atoms with E-state index < -0.39 is 0 Å². The maximum atomic E-state index is 10.4. The van der Waals surface area contributed by atoms with Crippen molar-refractivity contribution in [3.05, 3.63) is 0 Å². The molecule has 2 fully saturated rings. The summed E-state index contributed by atoms with van der Waals surface area (Å²) in [6.07, 6.45) is 8.85. The summed E-state index contributed by atoms with van der Waals surface area (Å²) in [5.41, 5.74) is 0.384. The number of hydrogen-bond acceptors (Lipinski definition) is 2. The molecule has 0 aromatic rings. The van der Waals surface area contributed by atoms with Gasteiger partial charge in [0.15, 0.2) is 0 Å². The Morgan fingerprint density at radius 1 is 1.05 bits per heavy atom. The second kappa shape index (κ2) is 7.00. The molecule has 2 aliphatic rings. The lowest BCUT2D eigenvalue weighted by atomic mass is 9.68. The zero-order valence-corrected chi connectivity index (χ0v) is 14.9. The summed E-state index contributed by atoms with van der Waals surface area (Å²) in [7, 11) is 2.29. The molecule has 0 amide bonds. The molecule has 0 radical (unpaired) electrons. The first kappa shape index (κ1) is 17.3. The Kier molecular flexibility index (Phi) is 5.76. The highest BCUT2D eigenvalue weighted by molar-refractivity contribution is 4.88. The quantitative estimate of drug-likeness (QED) is 0.838. The monoisotopic (exact) mass is 295 g/mol. The lowest BCUT2D eigenvalue weighted by Crippen LogP contribution is -2.46. The molecule has 2 saturated carbocycles. The van der Waals surface area contributed by atoms with Gasteiger partial charge in [0.05, 0.1) is 6.10 Å². The van der Waals surface area contributed by atoms with Crippen LogP contribution < -0.4 is 0 Å². The van der Waals surface area contributed by atoms with Gasteiger partial charge in [-0.2, -0.15) is 0 Å². The van der Waals surface area contributed by atoms with Crippen LogP contribution in [-0.2, 0) is 0 Å². The van der Waals surface area contributed by atoms with Crippen LogP contribution in [0.4, 0.5) is 0 Å². The number of hydrogen-bond donors (Lipinski definition) is 1. The van der Waals surface area contributed by atoms with Gasteiger partial charge in [-0.05, 0) is 62.3 Å². The van der Waals surface area contributed by atoms with Crippen LogP contribution in [0.15, 0.2) is 0 Å². The molecule has 0 aromatic carbocycles. The largest absolute Gasteiger partial charge is 0.393 e. The maximum absolute atomic E-state index is 10.4. The number of rotatable bonds is 3. The van der Waals surface area contributed by atoms with Crippen molar-refractivity contribution in [3.8, 4) is 0 Å². The third-order valence-corrected chi connectivity index (χ3v) is 6.32. The maximum Gasteiger partial charge on any atom is 0.0580 e. The Morgan fingerprint density at radius 3 is 2.33 bits per heavy atom. The van der Waals surface area contributed by atoms with Gasteiger partial charge in [0.25, 0.3) is 0 Å². The summed E-state index contributed by atoms with van der Waals surface area (Å²) in [4.78, 5) is 2.57. The lowest BCUT2D eigenvalue weighted by molar-refractivity contribution is -0.00533. The summed E-state index contributed by atoms with van der Waals surface area (Å²) < 4.78 is 0. The normalized spacial score (nSPS) is 38.7. The molecule has 21 heavy (non-hydrogen) atoms. The highest BCUT2D eigenvalue weighted by Gasteiger charge is 2.36. The lowest BCUT2D eigenvalue weighted by Gasteiger charge is -2.43. The fourth-order valence-electron chi connectivity index (χ4n) is 4.69. The van der Waals surface area contributed by atoms with E-state index in [-0.39, 0.29) is 6.10 Å². The van der Waals surface area contributed by atoms with Crippen molar-refractivity contribution >= 4 is 0 Å². The van der Waals surface area contributed by atoms with E-state index in [9.17, 15) is 5.11 Å². The fraction of sp³-hybridized carbons (Fsp3) is 1.00. The molecule has 2 heteroatoms. The van der Waals surface area contributed by atoms with Gasteiger partial charge < -0.3 is 10.0 Å². The predicted molar refractivity (Wildman–Crippen MR) is 90.3 cm³/mol. The molecule has 5 unspecified atom stereocenters. The van der Waals surface area contributed by atoms with Crippen molar-refractivity contribution < 1.29 is 5.11 Å². The van der Waals surface area contributed by atoms with Crippen LogP contribution in [0.5, 0.6) is 0 Å². The Morgan fingerprint density at radius 2 is 1.71 bits per heavy atom. The first-order valence-corrected chi connectivity index (χ1v) is 9.17. The molecule has 2 aliphatic carbocycles. The van der Waals surface area contributed by atoms with Gasteiger partial charge in [-0.3, -0.25) is 0 Å². The highest BCUT2D eigenvalue weighted by Crippen LogP contribution is 2.41. The van der Waals surface area contributed by atoms with Crippen LogP contribution in [0.25, 0.3) is 0 Å². The van der Waals surface area contributed by atoms with Gasteiger partial charge in [-0.25, -0.2) is 0 Å². The van der Waals surface area contributed by atoms with Crippen molar-refractivity contribution in [1.29, 1.82) is 0 Å². The van der Waals surface area contributed by atoms with E-state index >= 15 is 0 Å². The van der Waals surface area contributed by atoms with Crippen molar-refractivity contribution in [1.82, 2.24) is 4.90 Å². The molecule has 0 spiro atoms. The third kappa shape index (κ3) is 4.45. The molecule has 0 aromatic heterocycles. The summed E-state index contributed by atoms with van der Waals surface area (Å²) >= 11 is 0. The predicted octanol–water partition coefficient (Wildman–Crippen LogP) is 4.32. The molecular weight excluding hydrogens is 258 g/mol. The van der Waals surface area contributed by atoms with E-state index in [1.807, 2.05) is 0 Å². The van der Waals surface area contributed by atoms with Gasteiger partial charge in [-0.15, -0.1) is 0 Å². The number of aliphatic hydroxyl groups excluding tert-OH is 1. The second-order valence-corrected chi connectivity index (χ2v) is 8.97. The molecule has 5 atom stereocenters.